The van der Waals surface area contributed by atoms with Gasteiger partial charge >= 0.3 is 5.97 Å². The molecule has 1 aromatic heterocycles. The molecule has 0 aliphatic heterocycles. The number of rotatable bonds is 5. The highest BCUT2D eigenvalue weighted by Crippen LogP contribution is 2.26. The molecule has 0 radical (unpaired) electrons. The van der Waals surface area contributed by atoms with Crippen molar-refractivity contribution >= 4 is 33.8 Å². The SMILES string of the molecule is Cc1cc(C)cc(Oc2coc3cc(OC(=O)/C=C/c4cccc5ccccc45)ccc3c2=O)c1. The van der Waals surface area contributed by atoms with Gasteiger partial charge in [0.1, 0.15) is 23.3 Å². The molecule has 0 fully saturated rings. The number of fused-ring (bicyclic) bond motifs is 2. The zero-order chi connectivity index (χ0) is 24.4. The maximum atomic E-state index is 12.9. The van der Waals surface area contributed by atoms with Crippen LogP contribution in [0.3, 0.4) is 0 Å². The topological polar surface area (TPSA) is 65.7 Å². The zero-order valence-corrected chi connectivity index (χ0v) is 19.3. The Labute approximate surface area is 201 Å². The summed E-state index contributed by atoms with van der Waals surface area (Å²) in [6.07, 6.45) is 4.37. The van der Waals surface area contributed by atoms with Crippen LogP contribution in [-0.2, 0) is 4.79 Å². The Bertz CT molecular complexity index is 1630. The van der Waals surface area contributed by atoms with Crippen LogP contribution in [0.5, 0.6) is 17.2 Å². The van der Waals surface area contributed by atoms with E-state index in [0.29, 0.717) is 16.7 Å². The maximum absolute atomic E-state index is 12.9. The van der Waals surface area contributed by atoms with Crippen LogP contribution in [-0.4, -0.2) is 5.97 Å². The number of hydrogen-bond donors (Lipinski definition) is 0. The summed E-state index contributed by atoms with van der Waals surface area (Å²) in [6.45, 7) is 3.92. The molecule has 0 spiro atoms. The lowest BCUT2D eigenvalue weighted by molar-refractivity contribution is -0.128. The molecule has 1 heterocycles. The van der Waals surface area contributed by atoms with E-state index in [1.807, 2.05) is 74.5 Å². The molecule has 0 aliphatic rings. The Hall–Kier alpha value is -4.64. The van der Waals surface area contributed by atoms with Gasteiger partial charge in [-0.15, -0.1) is 0 Å². The van der Waals surface area contributed by atoms with Crippen LogP contribution in [0.2, 0.25) is 0 Å². The second kappa shape index (κ2) is 9.31. The first kappa shape index (κ1) is 22.2. The summed E-state index contributed by atoms with van der Waals surface area (Å²) in [5, 5.41) is 2.47. The molecule has 5 heteroatoms. The van der Waals surface area contributed by atoms with Gasteiger partial charge in [-0.25, -0.2) is 4.79 Å². The Balaban J connectivity index is 1.35. The van der Waals surface area contributed by atoms with Crippen molar-refractivity contribution in [3.05, 3.63) is 118 Å². The third kappa shape index (κ3) is 4.84. The average molecular weight is 463 g/mol. The lowest BCUT2D eigenvalue weighted by Crippen LogP contribution is -2.06. The van der Waals surface area contributed by atoms with Crippen LogP contribution in [0.1, 0.15) is 16.7 Å². The smallest absolute Gasteiger partial charge is 0.336 e. The van der Waals surface area contributed by atoms with Crippen LogP contribution in [0.25, 0.3) is 27.8 Å². The molecule has 0 N–H and O–H groups in total. The van der Waals surface area contributed by atoms with Crippen molar-refractivity contribution in [2.24, 2.45) is 0 Å². The third-order valence-corrected chi connectivity index (χ3v) is 5.58. The highest BCUT2D eigenvalue weighted by Gasteiger charge is 2.12. The third-order valence-electron chi connectivity index (χ3n) is 5.58. The molecule has 0 aliphatic carbocycles. The molecule has 0 saturated heterocycles. The predicted molar refractivity (Wildman–Crippen MR) is 137 cm³/mol. The molecule has 0 saturated carbocycles. The fraction of sp³-hybridized carbons (Fsp3) is 0.0667. The Morgan fingerprint density at radius 1 is 0.829 bits per heavy atom. The van der Waals surface area contributed by atoms with Crippen molar-refractivity contribution < 1.29 is 18.7 Å². The number of carbonyl (C=O) groups excluding carboxylic acids is 1. The van der Waals surface area contributed by atoms with E-state index in [1.165, 1.54) is 18.4 Å². The van der Waals surface area contributed by atoms with E-state index in [4.69, 9.17) is 13.9 Å². The maximum Gasteiger partial charge on any atom is 0.336 e. The zero-order valence-electron chi connectivity index (χ0n) is 19.3. The number of carbonyl (C=O) groups is 1. The molecule has 0 unspecified atom stereocenters. The van der Waals surface area contributed by atoms with Gasteiger partial charge in [-0.3, -0.25) is 4.79 Å². The van der Waals surface area contributed by atoms with Crippen molar-refractivity contribution in [1.82, 2.24) is 0 Å². The number of aryl methyl sites for hydroxylation is 2. The van der Waals surface area contributed by atoms with Gasteiger partial charge < -0.3 is 13.9 Å². The largest absolute Gasteiger partial charge is 0.460 e. The molecule has 0 amide bonds. The second-order valence-corrected chi connectivity index (χ2v) is 8.34. The molecule has 4 aromatic carbocycles. The highest BCUT2D eigenvalue weighted by atomic mass is 16.5. The van der Waals surface area contributed by atoms with Crippen LogP contribution < -0.4 is 14.9 Å². The first-order valence-electron chi connectivity index (χ1n) is 11.2. The summed E-state index contributed by atoms with van der Waals surface area (Å²) >= 11 is 0. The van der Waals surface area contributed by atoms with Crippen LogP contribution in [0.15, 0.2) is 100 Å². The fourth-order valence-electron chi connectivity index (χ4n) is 4.05. The normalized spacial score (nSPS) is 11.3. The van der Waals surface area contributed by atoms with Crippen molar-refractivity contribution in [3.8, 4) is 17.2 Å². The average Bonchev–Trinajstić information content (AvgIpc) is 2.84. The van der Waals surface area contributed by atoms with Gasteiger partial charge in [-0.05, 0) is 71.7 Å². The number of hydrogen-bond acceptors (Lipinski definition) is 5. The fourth-order valence-corrected chi connectivity index (χ4v) is 4.05. The molecular formula is C30H22O5. The number of ether oxygens (including phenoxy) is 2. The molecule has 35 heavy (non-hydrogen) atoms. The summed E-state index contributed by atoms with van der Waals surface area (Å²) in [5.74, 6) is 0.397. The predicted octanol–water partition coefficient (Wildman–Crippen LogP) is 6.97. The number of benzene rings is 4. The van der Waals surface area contributed by atoms with E-state index in [0.717, 1.165) is 27.5 Å². The van der Waals surface area contributed by atoms with Crippen LogP contribution in [0, 0.1) is 13.8 Å². The van der Waals surface area contributed by atoms with E-state index in [-0.39, 0.29) is 16.9 Å². The first-order chi connectivity index (χ1) is 17.0. The van der Waals surface area contributed by atoms with Gasteiger partial charge in [0.2, 0.25) is 11.2 Å². The molecule has 0 atom stereocenters. The first-order valence-corrected chi connectivity index (χ1v) is 11.2. The van der Waals surface area contributed by atoms with E-state index in [2.05, 4.69) is 0 Å². The summed E-state index contributed by atoms with van der Waals surface area (Å²) in [6, 6.07) is 24.2. The van der Waals surface area contributed by atoms with Crippen molar-refractivity contribution in [2.45, 2.75) is 13.8 Å². The van der Waals surface area contributed by atoms with Crippen molar-refractivity contribution in [1.29, 1.82) is 0 Å². The molecule has 0 bridgehead atoms. The standard InChI is InChI=1S/C30H22O5/c1-19-14-20(2)16-24(15-19)34-28-18-33-27-17-23(11-12-26(27)30(28)32)35-29(31)13-10-22-8-5-7-21-6-3-4-9-25(21)22/h3-18H,1-2H3/b13-10+. The van der Waals surface area contributed by atoms with Gasteiger partial charge in [0.15, 0.2) is 0 Å². The van der Waals surface area contributed by atoms with E-state index in [9.17, 15) is 9.59 Å². The van der Waals surface area contributed by atoms with Crippen LogP contribution in [0.4, 0.5) is 0 Å². The molecule has 5 rings (SSSR count). The highest BCUT2D eigenvalue weighted by molar-refractivity contribution is 5.95. The molecule has 5 nitrogen and oxygen atoms in total. The molecule has 172 valence electrons. The molecular weight excluding hydrogens is 440 g/mol. The van der Waals surface area contributed by atoms with E-state index >= 15 is 0 Å². The monoisotopic (exact) mass is 462 g/mol. The van der Waals surface area contributed by atoms with Gasteiger partial charge in [0.05, 0.1) is 5.39 Å². The van der Waals surface area contributed by atoms with Crippen molar-refractivity contribution in [2.75, 3.05) is 0 Å². The minimum absolute atomic E-state index is 0.0882. The van der Waals surface area contributed by atoms with Crippen LogP contribution >= 0.6 is 0 Å². The van der Waals surface area contributed by atoms with Gasteiger partial charge in [0, 0.05) is 12.1 Å². The minimum atomic E-state index is -0.533. The summed E-state index contributed by atoms with van der Waals surface area (Å²) in [4.78, 5) is 25.3. The van der Waals surface area contributed by atoms with E-state index < -0.39 is 5.97 Å². The summed E-state index contributed by atoms with van der Waals surface area (Å²) in [5.41, 5.74) is 2.98. The minimum Gasteiger partial charge on any atom is -0.460 e. The Morgan fingerprint density at radius 2 is 1.60 bits per heavy atom. The molecule has 5 aromatic rings. The Morgan fingerprint density at radius 3 is 2.43 bits per heavy atom. The van der Waals surface area contributed by atoms with Gasteiger partial charge in [0.25, 0.3) is 0 Å². The Kier molecular flexibility index (Phi) is 5.90. The lowest BCUT2D eigenvalue weighted by atomic mass is 10.0. The van der Waals surface area contributed by atoms with Crippen molar-refractivity contribution in [3.63, 3.8) is 0 Å². The van der Waals surface area contributed by atoms with Gasteiger partial charge in [-0.1, -0.05) is 48.5 Å². The summed E-state index contributed by atoms with van der Waals surface area (Å²) in [7, 11) is 0. The quantitative estimate of drug-likeness (QED) is 0.160. The number of esters is 1. The van der Waals surface area contributed by atoms with E-state index in [1.54, 1.807) is 18.2 Å². The summed E-state index contributed by atoms with van der Waals surface area (Å²) < 4.78 is 16.8. The van der Waals surface area contributed by atoms with Gasteiger partial charge in [-0.2, -0.15) is 0 Å². The lowest BCUT2D eigenvalue weighted by Gasteiger charge is -2.08. The second-order valence-electron chi connectivity index (χ2n) is 8.34.